The molecule has 0 radical (unpaired) electrons. The zero-order valence-electron chi connectivity index (χ0n) is 11.7. The fraction of sp³-hybridized carbons (Fsp3) is 0.0625. The summed E-state index contributed by atoms with van der Waals surface area (Å²) >= 11 is 0. The van der Waals surface area contributed by atoms with Gasteiger partial charge in [-0.25, -0.2) is 4.90 Å². The summed E-state index contributed by atoms with van der Waals surface area (Å²) in [7, 11) is 1.54. The van der Waals surface area contributed by atoms with E-state index in [-0.39, 0.29) is 11.8 Å². The van der Waals surface area contributed by atoms with Gasteiger partial charge in [0, 0.05) is 0 Å². The Bertz CT molecular complexity index is 894. The van der Waals surface area contributed by atoms with Gasteiger partial charge in [-0.15, -0.1) is 5.10 Å². The van der Waals surface area contributed by atoms with Crippen molar-refractivity contribution in [3.05, 3.63) is 53.6 Å². The third-order valence-electron chi connectivity index (χ3n) is 3.76. The number of imide groups is 1. The molecule has 1 N–H and O–H groups in total. The number of nitrogens with one attached hydrogen (secondary N) is 1. The molecule has 6 heteroatoms. The summed E-state index contributed by atoms with van der Waals surface area (Å²) in [5.41, 5.74) is 2.06. The molecule has 0 saturated heterocycles. The Kier molecular flexibility index (Phi) is 2.53. The van der Waals surface area contributed by atoms with Crippen LogP contribution < -0.4 is 9.64 Å². The minimum atomic E-state index is -0.313. The molecule has 0 fully saturated rings. The Hall–Kier alpha value is -3.15. The van der Waals surface area contributed by atoms with Crippen molar-refractivity contribution in [1.29, 1.82) is 0 Å². The number of ether oxygens (including phenoxy) is 1. The molecule has 0 spiro atoms. The molecule has 2 aromatic carbocycles. The monoisotopic (exact) mass is 293 g/mol. The lowest BCUT2D eigenvalue weighted by molar-refractivity contribution is 0.0926. The fourth-order valence-corrected chi connectivity index (χ4v) is 2.70. The van der Waals surface area contributed by atoms with Crippen molar-refractivity contribution in [3.63, 3.8) is 0 Å². The van der Waals surface area contributed by atoms with Gasteiger partial charge in [-0.05, 0) is 30.3 Å². The van der Waals surface area contributed by atoms with Gasteiger partial charge < -0.3 is 4.74 Å². The molecule has 2 amide bonds. The molecule has 1 aliphatic rings. The lowest BCUT2D eigenvalue weighted by atomic mass is 10.1. The van der Waals surface area contributed by atoms with Crippen LogP contribution in [0.3, 0.4) is 0 Å². The predicted molar refractivity (Wildman–Crippen MR) is 80.2 cm³/mol. The highest BCUT2D eigenvalue weighted by atomic mass is 16.5. The molecule has 0 unspecified atom stereocenters. The number of H-pyrrole nitrogens is 1. The van der Waals surface area contributed by atoms with Crippen LogP contribution in [-0.4, -0.2) is 29.1 Å². The van der Waals surface area contributed by atoms with Crippen molar-refractivity contribution in [2.24, 2.45) is 0 Å². The average Bonchev–Trinajstić information content (AvgIpc) is 3.07. The zero-order chi connectivity index (χ0) is 15.3. The molecule has 0 saturated carbocycles. The van der Waals surface area contributed by atoms with Gasteiger partial charge in [-0.2, -0.15) is 0 Å². The molecule has 2 heterocycles. The second kappa shape index (κ2) is 4.42. The van der Waals surface area contributed by atoms with Crippen LogP contribution >= 0.6 is 0 Å². The molecule has 22 heavy (non-hydrogen) atoms. The first-order valence-corrected chi connectivity index (χ1v) is 6.70. The van der Waals surface area contributed by atoms with Gasteiger partial charge in [0.05, 0.1) is 34.8 Å². The number of aromatic nitrogens is 2. The average molecular weight is 293 g/mol. The number of amides is 2. The molecule has 1 aromatic heterocycles. The summed E-state index contributed by atoms with van der Waals surface area (Å²) in [4.78, 5) is 26.1. The number of hydrogen-bond donors (Lipinski definition) is 1. The SMILES string of the molecule is COc1n[nH]c2cc(N3C(=O)c4ccccc4C3=O)ccc12. The van der Waals surface area contributed by atoms with Crippen molar-refractivity contribution in [2.45, 2.75) is 0 Å². The maximum Gasteiger partial charge on any atom is 0.266 e. The number of benzene rings is 2. The van der Waals surface area contributed by atoms with Gasteiger partial charge in [0.15, 0.2) is 0 Å². The van der Waals surface area contributed by atoms with Gasteiger partial charge in [0.25, 0.3) is 11.8 Å². The van der Waals surface area contributed by atoms with E-state index in [9.17, 15) is 9.59 Å². The number of hydrogen-bond acceptors (Lipinski definition) is 4. The third-order valence-corrected chi connectivity index (χ3v) is 3.76. The molecule has 3 aromatic rings. The van der Waals surface area contributed by atoms with Crippen LogP contribution in [-0.2, 0) is 0 Å². The number of aromatic amines is 1. The smallest absolute Gasteiger partial charge is 0.266 e. The quantitative estimate of drug-likeness (QED) is 0.736. The largest absolute Gasteiger partial charge is 0.480 e. The Balaban J connectivity index is 1.83. The van der Waals surface area contributed by atoms with Gasteiger partial charge in [-0.3, -0.25) is 14.7 Å². The summed E-state index contributed by atoms with van der Waals surface area (Å²) in [6.45, 7) is 0. The number of carbonyl (C=O) groups excluding carboxylic acids is 2. The second-order valence-electron chi connectivity index (χ2n) is 4.95. The number of rotatable bonds is 2. The lowest BCUT2D eigenvalue weighted by Crippen LogP contribution is -2.29. The van der Waals surface area contributed by atoms with E-state index in [2.05, 4.69) is 10.2 Å². The van der Waals surface area contributed by atoms with E-state index in [0.717, 1.165) is 5.39 Å². The van der Waals surface area contributed by atoms with E-state index in [1.165, 1.54) is 12.0 Å². The van der Waals surface area contributed by atoms with E-state index in [1.807, 2.05) is 0 Å². The van der Waals surface area contributed by atoms with Crippen molar-refractivity contribution in [2.75, 3.05) is 12.0 Å². The minimum absolute atomic E-state index is 0.313. The summed E-state index contributed by atoms with van der Waals surface area (Å²) < 4.78 is 5.14. The Labute approximate surface area is 125 Å². The van der Waals surface area contributed by atoms with E-state index in [0.29, 0.717) is 28.2 Å². The maximum atomic E-state index is 12.5. The molecular weight excluding hydrogens is 282 g/mol. The summed E-state index contributed by atoms with van der Waals surface area (Å²) in [5, 5.41) is 7.65. The summed E-state index contributed by atoms with van der Waals surface area (Å²) in [5.74, 6) is -0.151. The highest BCUT2D eigenvalue weighted by Crippen LogP contribution is 2.31. The van der Waals surface area contributed by atoms with Gasteiger partial charge in [-0.1, -0.05) is 12.1 Å². The minimum Gasteiger partial charge on any atom is -0.480 e. The zero-order valence-corrected chi connectivity index (χ0v) is 11.7. The van der Waals surface area contributed by atoms with Crippen LogP contribution in [0.5, 0.6) is 5.88 Å². The molecule has 0 atom stereocenters. The third kappa shape index (κ3) is 1.57. The van der Waals surface area contributed by atoms with E-state index in [4.69, 9.17) is 4.74 Å². The standard InChI is InChI=1S/C16H11N3O3/c1-22-14-12-7-6-9(8-13(12)17-18-14)19-15(20)10-4-2-3-5-11(10)16(19)21/h2-8H,1H3,(H,17,18). The Morgan fingerprint density at radius 1 is 1.05 bits per heavy atom. The van der Waals surface area contributed by atoms with Crippen molar-refractivity contribution < 1.29 is 14.3 Å². The van der Waals surface area contributed by atoms with Crippen molar-refractivity contribution in [3.8, 4) is 5.88 Å². The maximum absolute atomic E-state index is 12.5. The van der Waals surface area contributed by atoms with Crippen LogP contribution in [0.25, 0.3) is 10.9 Å². The second-order valence-corrected chi connectivity index (χ2v) is 4.95. The van der Waals surface area contributed by atoms with Crippen LogP contribution in [0.15, 0.2) is 42.5 Å². The summed E-state index contributed by atoms with van der Waals surface area (Å²) in [6.07, 6.45) is 0. The van der Waals surface area contributed by atoms with Crippen LogP contribution in [0.4, 0.5) is 5.69 Å². The molecule has 6 nitrogen and oxygen atoms in total. The van der Waals surface area contributed by atoms with Gasteiger partial charge >= 0.3 is 0 Å². The predicted octanol–water partition coefficient (Wildman–Crippen LogP) is 2.37. The topological polar surface area (TPSA) is 75.3 Å². The molecule has 0 aliphatic carbocycles. The van der Waals surface area contributed by atoms with Crippen LogP contribution in [0, 0.1) is 0 Å². The number of anilines is 1. The van der Waals surface area contributed by atoms with Crippen molar-refractivity contribution in [1.82, 2.24) is 10.2 Å². The molecule has 0 bridgehead atoms. The van der Waals surface area contributed by atoms with Crippen LogP contribution in [0.1, 0.15) is 20.7 Å². The van der Waals surface area contributed by atoms with E-state index in [1.54, 1.807) is 42.5 Å². The Morgan fingerprint density at radius 3 is 2.36 bits per heavy atom. The molecule has 108 valence electrons. The summed E-state index contributed by atoms with van der Waals surface area (Å²) in [6, 6.07) is 12.0. The number of methoxy groups -OCH3 is 1. The van der Waals surface area contributed by atoms with Gasteiger partial charge in [0.1, 0.15) is 0 Å². The molecule has 4 rings (SSSR count). The van der Waals surface area contributed by atoms with Gasteiger partial charge in [0.2, 0.25) is 5.88 Å². The first kappa shape index (κ1) is 12.6. The Morgan fingerprint density at radius 2 is 1.73 bits per heavy atom. The highest BCUT2D eigenvalue weighted by molar-refractivity contribution is 6.34. The van der Waals surface area contributed by atoms with E-state index >= 15 is 0 Å². The molecule has 1 aliphatic heterocycles. The van der Waals surface area contributed by atoms with E-state index < -0.39 is 0 Å². The normalized spacial score (nSPS) is 13.8. The fourth-order valence-electron chi connectivity index (χ4n) is 2.70. The lowest BCUT2D eigenvalue weighted by Gasteiger charge is -2.13. The molecular formula is C16H11N3O3. The number of carbonyl (C=O) groups is 2. The van der Waals surface area contributed by atoms with Crippen molar-refractivity contribution >= 4 is 28.4 Å². The highest BCUT2D eigenvalue weighted by Gasteiger charge is 2.36. The number of fused-ring (bicyclic) bond motifs is 2. The first-order chi connectivity index (χ1) is 10.7. The van der Waals surface area contributed by atoms with Crippen LogP contribution in [0.2, 0.25) is 0 Å². The number of nitrogens with zero attached hydrogens (tertiary/aromatic N) is 2. The first-order valence-electron chi connectivity index (χ1n) is 6.70.